The highest BCUT2D eigenvalue weighted by atomic mass is 16.6. The molecule has 0 bridgehead atoms. The highest BCUT2D eigenvalue weighted by Crippen LogP contribution is 2.22. The molecule has 0 spiro atoms. The Bertz CT molecular complexity index is 853. The fourth-order valence-corrected chi connectivity index (χ4v) is 3.52. The van der Waals surface area contributed by atoms with E-state index >= 15 is 0 Å². The van der Waals surface area contributed by atoms with Crippen molar-refractivity contribution >= 4 is 23.0 Å². The van der Waals surface area contributed by atoms with Gasteiger partial charge in [-0.1, -0.05) is 6.92 Å². The predicted octanol–water partition coefficient (Wildman–Crippen LogP) is 2.19. The maximum atomic E-state index is 12.3. The van der Waals surface area contributed by atoms with Gasteiger partial charge in [0, 0.05) is 37.6 Å². The summed E-state index contributed by atoms with van der Waals surface area (Å²) in [6.45, 7) is 10.5. The smallest absolute Gasteiger partial charge is 0.312 e. The van der Waals surface area contributed by atoms with Crippen LogP contribution in [0.3, 0.4) is 0 Å². The topological polar surface area (TPSA) is 96.5 Å². The van der Waals surface area contributed by atoms with Crippen LogP contribution in [-0.4, -0.2) is 58.2 Å². The number of aryl methyl sites for hydroxylation is 1. The second-order valence-corrected chi connectivity index (χ2v) is 6.95. The maximum absolute atomic E-state index is 12.3. The van der Waals surface area contributed by atoms with Crippen LogP contribution < -0.4 is 10.2 Å². The summed E-state index contributed by atoms with van der Waals surface area (Å²) in [5.41, 5.74) is 2.47. The first-order valence-corrected chi connectivity index (χ1v) is 9.44. The Morgan fingerprint density at radius 2 is 1.82 bits per heavy atom. The van der Waals surface area contributed by atoms with E-state index in [-0.39, 0.29) is 18.1 Å². The minimum Gasteiger partial charge on any atom is -0.369 e. The Morgan fingerprint density at radius 1 is 1.18 bits per heavy atom. The van der Waals surface area contributed by atoms with Crippen molar-refractivity contribution in [1.29, 1.82) is 0 Å². The average Bonchev–Trinajstić information content (AvgIpc) is 2.95. The zero-order chi connectivity index (χ0) is 20.3. The van der Waals surface area contributed by atoms with E-state index in [0.29, 0.717) is 17.1 Å². The molecule has 2 heterocycles. The van der Waals surface area contributed by atoms with Gasteiger partial charge in [0.15, 0.2) is 0 Å². The Kier molecular flexibility index (Phi) is 5.93. The van der Waals surface area contributed by atoms with Crippen LogP contribution in [0.4, 0.5) is 17.1 Å². The molecule has 2 aromatic rings. The number of nitrogens with zero attached hydrogens (tertiary/aromatic N) is 5. The van der Waals surface area contributed by atoms with Gasteiger partial charge in [0.2, 0.25) is 5.91 Å². The summed E-state index contributed by atoms with van der Waals surface area (Å²) in [5.74, 6) is -0.273. The van der Waals surface area contributed by atoms with Crippen LogP contribution >= 0.6 is 0 Å². The largest absolute Gasteiger partial charge is 0.369 e. The fourth-order valence-electron chi connectivity index (χ4n) is 3.52. The van der Waals surface area contributed by atoms with Crippen LogP contribution in [0.1, 0.15) is 18.3 Å². The van der Waals surface area contributed by atoms with Crippen LogP contribution in [-0.2, 0) is 11.3 Å². The molecule has 1 aliphatic heterocycles. The summed E-state index contributed by atoms with van der Waals surface area (Å²) in [5, 5.41) is 18.0. The van der Waals surface area contributed by atoms with E-state index in [1.54, 1.807) is 13.8 Å². The molecule has 1 aliphatic rings. The van der Waals surface area contributed by atoms with Gasteiger partial charge in [0.25, 0.3) is 0 Å². The van der Waals surface area contributed by atoms with Crippen molar-refractivity contribution < 1.29 is 9.72 Å². The Hall–Kier alpha value is -2.94. The summed E-state index contributed by atoms with van der Waals surface area (Å²) >= 11 is 0. The summed E-state index contributed by atoms with van der Waals surface area (Å²) in [6, 6.07) is 7.77. The van der Waals surface area contributed by atoms with E-state index in [1.807, 2.05) is 24.3 Å². The Labute approximate surface area is 164 Å². The van der Waals surface area contributed by atoms with Crippen LogP contribution in [0.25, 0.3) is 0 Å². The van der Waals surface area contributed by atoms with Crippen molar-refractivity contribution in [3.8, 4) is 0 Å². The molecule has 3 rings (SSSR count). The molecule has 1 fully saturated rings. The molecule has 0 radical (unpaired) electrons. The molecule has 0 atom stereocenters. The second kappa shape index (κ2) is 8.39. The van der Waals surface area contributed by atoms with Crippen molar-refractivity contribution in [3.63, 3.8) is 0 Å². The average molecular weight is 386 g/mol. The zero-order valence-corrected chi connectivity index (χ0v) is 16.5. The molecular formula is C19H26N6O3. The first kappa shape index (κ1) is 19.8. The van der Waals surface area contributed by atoms with E-state index in [1.165, 1.54) is 4.68 Å². The van der Waals surface area contributed by atoms with Gasteiger partial charge in [-0.2, -0.15) is 5.10 Å². The number of anilines is 2. The van der Waals surface area contributed by atoms with Crippen molar-refractivity contribution in [1.82, 2.24) is 14.7 Å². The fraction of sp³-hybridized carbons (Fsp3) is 0.474. The number of piperazine rings is 1. The van der Waals surface area contributed by atoms with Gasteiger partial charge in [0.1, 0.15) is 17.9 Å². The first-order chi connectivity index (χ1) is 13.4. The van der Waals surface area contributed by atoms with Crippen LogP contribution in [0.15, 0.2) is 24.3 Å². The van der Waals surface area contributed by atoms with Crippen LogP contribution in [0.2, 0.25) is 0 Å². The van der Waals surface area contributed by atoms with E-state index in [4.69, 9.17) is 0 Å². The third-order valence-electron chi connectivity index (χ3n) is 5.15. The minimum atomic E-state index is -0.467. The lowest BCUT2D eigenvalue weighted by atomic mass is 10.2. The van der Waals surface area contributed by atoms with E-state index < -0.39 is 4.92 Å². The van der Waals surface area contributed by atoms with Gasteiger partial charge < -0.3 is 15.1 Å². The number of hydrogen-bond acceptors (Lipinski definition) is 6. The molecule has 9 heteroatoms. The molecule has 9 nitrogen and oxygen atoms in total. The first-order valence-electron chi connectivity index (χ1n) is 9.44. The standard InChI is InChI=1S/C19H26N6O3/c1-4-22-9-11-23(12-10-22)17-7-5-16(6-8-17)20-18(26)13-24-15(3)19(25(27)28)14(2)21-24/h5-8H,4,9-13H2,1-3H3,(H,20,26). The summed E-state index contributed by atoms with van der Waals surface area (Å²) < 4.78 is 1.37. The number of amides is 1. The normalized spacial score (nSPS) is 14.9. The molecule has 0 aliphatic carbocycles. The van der Waals surface area contributed by atoms with Gasteiger partial charge >= 0.3 is 5.69 Å². The highest BCUT2D eigenvalue weighted by Gasteiger charge is 2.22. The monoisotopic (exact) mass is 386 g/mol. The maximum Gasteiger partial charge on any atom is 0.312 e. The van der Waals surface area contributed by atoms with Crippen LogP contribution in [0, 0.1) is 24.0 Å². The number of rotatable bonds is 6. The van der Waals surface area contributed by atoms with E-state index in [0.717, 1.165) is 38.4 Å². The molecule has 0 unspecified atom stereocenters. The third-order valence-corrected chi connectivity index (χ3v) is 5.15. The minimum absolute atomic E-state index is 0.0414. The zero-order valence-electron chi connectivity index (χ0n) is 16.5. The molecule has 0 saturated carbocycles. The van der Waals surface area contributed by atoms with Gasteiger partial charge in [-0.25, -0.2) is 0 Å². The van der Waals surface area contributed by atoms with Gasteiger partial charge in [0.05, 0.1) is 4.92 Å². The lowest BCUT2D eigenvalue weighted by Crippen LogP contribution is -2.46. The predicted molar refractivity (Wildman–Crippen MR) is 108 cm³/mol. The number of aromatic nitrogens is 2. The number of benzene rings is 1. The van der Waals surface area contributed by atoms with Crippen molar-refractivity contribution in [2.24, 2.45) is 0 Å². The number of likely N-dealkylation sites (N-methyl/N-ethyl adjacent to an activating group) is 1. The van der Waals surface area contributed by atoms with Crippen LogP contribution in [0.5, 0.6) is 0 Å². The van der Waals surface area contributed by atoms with Crippen molar-refractivity contribution in [2.75, 3.05) is 42.9 Å². The quantitative estimate of drug-likeness (QED) is 0.604. The van der Waals surface area contributed by atoms with Gasteiger partial charge in [-0.15, -0.1) is 0 Å². The number of nitrogens with one attached hydrogen (secondary N) is 1. The molecule has 150 valence electrons. The Morgan fingerprint density at radius 3 is 2.36 bits per heavy atom. The molecule has 1 aromatic carbocycles. The van der Waals surface area contributed by atoms with E-state index in [2.05, 4.69) is 27.1 Å². The summed E-state index contributed by atoms with van der Waals surface area (Å²) in [4.78, 5) is 27.7. The van der Waals surface area contributed by atoms with Crippen molar-refractivity contribution in [3.05, 3.63) is 45.8 Å². The molecule has 1 aromatic heterocycles. The molecule has 28 heavy (non-hydrogen) atoms. The second-order valence-electron chi connectivity index (χ2n) is 6.95. The highest BCUT2D eigenvalue weighted by molar-refractivity contribution is 5.90. The Balaban J connectivity index is 1.59. The van der Waals surface area contributed by atoms with E-state index in [9.17, 15) is 14.9 Å². The molecular weight excluding hydrogens is 360 g/mol. The third kappa shape index (κ3) is 4.30. The van der Waals surface area contributed by atoms with Gasteiger partial charge in [-0.05, 0) is 44.7 Å². The molecule has 1 N–H and O–H groups in total. The summed E-state index contributed by atoms with van der Waals surface area (Å²) in [7, 11) is 0. The lowest BCUT2D eigenvalue weighted by Gasteiger charge is -2.35. The number of hydrogen-bond donors (Lipinski definition) is 1. The lowest BCUT2D eigenvalue weighted by molar-refractivity contribution is -0.386. The number of carbonyl (C=O) groups excluding carboxylic acids is 1. The molecule has 1 amide bonds. The molecule has 1 saturated heterocycles. The number of carbonyl (C=O) groups is 1. The van der Waals surface area contributed by atoms with Crippen molar-refractivity contribution in [2.45, 2.75) is 27.3 Å². The summed E-state index contributed by atoms with van der Waals surface area (Å²) in [6.07, 6.45) is 0. The SMILES string of the molecule is CCN1CCN(c2ccc(NC(=O)Cn3nc(C)c([N+](=O)[O-])c3C)cc2)CC1. The number of nitro groups is 1. The van der Waals surface area contributed by atoms with Gasteiger partial charge in [-0.3, -0.25) is 19.6 Å².